The van der Waals surface area contributed by atoms with Crippen molar-refractivity contribution in [2.24, 2.45) is 5.73 Å². The highest BCUT2D eigenvalue weighted by Gasteiger charge is 2.14. The highest BCUT2D eigenvalue weighted by Crippen LogP contribution is 2.19. The summed E-state index contributed by atoms with van der Waals surface area (Å²) in [6.45, 7) is 7.54. The molecule has 0 aliphatic carbocycles. The summed E-state index contributed by atoms with van der Waals surface area (Å²) in [5.41, 5.74) is 9.35. The Morgan fingerprint density at radius 3 is 2.76 bits per heavy atom. The number of aromatic nitrogens is 2. The van der Waals surface area contributed by atoms with Crippen LogP contribution in [0.1, 0.15) is 30.7 Å². The Kier molecular flexibility index (Phi) is 4.56. The topological polar surface area (TPSA) is 47.1 Å². The smallest absolute Gasteiger partial charge is 0.109 e. The number of imidazole rings is 1. The Morgan fingerprint density at radius 1 is 1.19 bits per heavy atom. The van der Waals surface area contributed by atoms with Gasteiger partial charge in [0.15, 0.2) is 0 Å². The quantitative estimate of drug-likeness (QED) is 0.886. The Balaban J connectivity index is 1.84. The third-order valence-electron chi connectivity index (χ3n) is 4.43. The Morgan fingerprint density at radius 2 is 2.00 bits per heavy atom. The van der Waals surface area contributed by atoms with Gasteiger partial charge < -0.3 is 15.2 Å². The largest absolute Gasteiger partial charge is 0.330 e. The standard InChI is InChI=1S/C17H26N4/c1-14-6-7-16-15(13-14)19-17(5-4-8-18)21(16)12-11-20-9-2-3-10-20/h6-7,13H,2-5,8-12,18H2,1H3. The van der Waals surface area contributed by atoms with Crippen molar-refractivity contribution in [3.05, 3.63) is 29.6 Å². The summed E-state index contributed by atoms with van der Waals surface area (Å²) in [6, 6.07) is 6.59. The van der Waals surface area contributed by atoms with Crippen LogP contribution in [-0.2, 0) is 13.0 Å². The molecule has 4 nitrogen and oxygen atoms in total. The fourth-order valence-electron chi connectivity index (χ4n) is 3.24. The van der Waals surface area contributed by atoms with Crippen molar-refractivity contribution in [2.75, 3.05) is 26.2 Å². The van der Waals surface area contributed by atoms with E-state index < -0.39 is 0 Å². The number of nitrogens with two attached hydrogens (primary N) is 1. The zero-order valence-corrected chi connectivity index (χ0v) is 13.0. The maximum atomic E-state index is 5.67. The average Bonchev–Trinajstić information content (AvgIpc) is 3.09. The lowest BCUT2D eigenvalue weighted by Crippen LogP contribution is -2.24. The van der Waals surface area contributed by atoms with Crippen molar-refractivity contribution in [1.82, 2.24) is 14.5 Å². The predicted molar refractivity (Wildman–Crippen MR) is 87.5 cm³/mol. The molecular weight excluding hydrogens is 260 g/mol. The van der Waals surface area contributed by atoms with Crippen molar-refractivity contribution >= 4 is 11.0 Å². The Hall–Kier alpha value is -1.39. The van der Waals surface area contributed by atoms with Crippen LogP contribution in [0.4, 0.5) is 0 Å². The third-order valence-corrected chi connectivity index (χ3v) is 4.43. The molecule has 3 rings (SSSR count). The Bertz CT molecular complexity index is 596. The van der Waals surface area contributed by atoms with Gasteiger partial charge in [-0.15, -0.1) is 0 Å². The Labute approximate surface area is 126 Å². The fourth-order valence-corrected chi connectivity index (χ4v) is 3.24. The highest BCUT2D eigenvalue weighted by atomic mass is 15.2. The number of nitrogens with zero attached hydrogens (tertiary/aromatic N) is 3. The lowest BCUT2D eigenvalue weighted by Gasteiger charge is -2.16. The van der Waals surface area contributed by atoms with E-state index in [0.29, 0.717) is 0 Å². The molecule has 0 spiro atoms. The van der Waals surface area contributed by atoms with Crippen LogP contribution in [0.25, 0.3) is 11.0 Å². The highest BCUT2D eigenvalue weighted by molar-refractivity contribution is 5.76. The van der Waals surface area contributed by atoms with E-state index in [2.05, 4.69) is 34.6 Å². The number of likely N-dealkylation sites (tertiary alicyclic amines) is 1. The van der Waals surface area contributed by atoms with Crippen molar-refractivity contribution in [3.8, 4) is 0 Å². The van der Waals surface area contributed by atoms with E-state index in [0.717, 1.165) is 38.0 Å². The molecule has 1 aromatic carbocycles. The van der Waals surface area contributed by atoms with Crippen molar-refractivity contribution in [2.45, 2.75) is 39.2 Å². The molecule has 21 heavy (non-hydrogen) atoms. The minimum atomic E-state index is 0.731. The van der Waals surface area contributed by atoms with Gasteiger partial charge in [-0.05, 0) is 63.5 Å². The van der Waals surface area contributed by atoms with Crippen LogP contribution < -0.4 is 5.73 Å². The number of hydrogen-bond acceptors (Lipinski definition) is 3. The van der Waals surface area contributed by atoms with Crippen LogP contribution in [0.3, 0.4) is 0 Å². The summed E-state index contributed by atoms with van der Waals surface area (Å²) in [4.78, 5) is 7.41. The molecule has 0 bridgehead atoms. The second kappa shape index (κ2) is 6.58. The summed E-state index contributed by atoms with van der Waals surface area (Å²) in [7, 11) is 0. The summed E-state index contributed by atoms with van der Waals surface area (Å²) in [5, 5.41) is 0. The molecule has 1 fully saturated rings. The molecule has 1 aromatic heterocycles. The van der Waals surface area contributed by atoms with Gasteiger partial charge in [0.2, 0.25) is 0 Å². The molecule has 1 aliphatic rings. The molecular formula is C17H26N4. The second-order valence-corrected chi connectivity index (χ2v) is 6.11. The number of rotatable bonds is 6. The summed E-state index contributed by atoms with van der Waals surface area (Å²) in [6.07, 6.45) is 4.68. The number of aryl methyl sites for hydroxylation is 2. The van der Waals surface area contributed by atoms with Crippen LogP contribution in [0, 0.1) is 6.92 Å². The number of fused-ring (bicyclic) bond motifs is 1. The van der Waals surface area contributed by atoms with Gasteiger partial charge in [0.25, 0.3) is 0 Å². The van der Waals surface area contributed by atoms with E-state index in [1.807, 2.05) is 0 Å². The first-order chi connectivity index (χ1) is 10.3. The zero-order chi connectivity index (χ0) is 14.7. The molecule has 1 aliphatic heterocycles. The summed E-state index contributed by atoms with van der Waals surface area (Å²) in [5.74, 6) is 1.19. The molecule has 0 saturated carbocycles. The van der Waals surface area contributed by atoms with Crippen LogP contribution >= 0.6 is 0 Å². The molecule has 2 heterocycles. The average molecular weight is 286 g/mol. The fraction of sp³-hybridized carbons (Fsp3) is 0.588. The van der Waals surface area contributed by atoms with Crippen molar-refractivity contribution in [1.29, 1.82) is 0 Å². The molecule has 2 N–H and O–H groups in total. The van der Waals surface area contributed by atoms with E-state index in [4.69, 9.17) is 10.7 Å². The summed E-state index contributed by atoms with van der Waals surface area (Å²) >= 11 is 0. The molecule has 0 amide bonds. The number of benzene rings is 1. The zero-order valence-electron chi connectivity index (χ0n) is 13.0. The first-order valence-corrected chi connectivity index (χ1v) is 8.16. The lowest BCUT2D eigenvalue weighted by atomic mass is 10.2. The van der Waals surface area contributed by atoms with Gasteiger partial charge in [-0.25, -0.2) is 4.98 Å². The molecule has 0 atom stereocenters. The van der Waals surface area contributed by atoms with Crippen LogP contribution in [0.2, 0.25) is 0 Å². The minimum Gasteiger partial charge on any atom is -0.330 e. The monoisotopic (exact) mass is 286 g/mol. The SMILES string of the molecule is Cc1ccc2c(c1)nc(CCCN)n2CCN1CCCC1. The first-order valence-electron chi connectivity index (χ1n) is 8.16. The molecule has 0 radical (unpaired) electrons. The normalized spacial score (nSPS) is 16.1. The maximum Gasteiger partial charge on any atom is 0.109 e. The molecule has 1 saturated heterocycles. The van der Waals surface area contributed by atoms with Crippen molar-refractivity contribution < 1.29 is 0 Å². The van der Waals surface area contributed by atoms with Gasteiger partial charge in [-0.3, -0.25) is 0 Å². The minimum absolute atomic E-state index is 0.731. The third kappa shape index (κ3) is 3.27. The van der Waals surface area contributed by atoms with Crippen molar-refractivity contribution in [3.63, 3.8) is 0 Å². The van der Waals surface area contributed by atoms with Gasteiger partial charge in [0.1, 0.15) is 5.82 Å². The first kappa shape index (κ1) is 14.5. The van der Waals surface area contributed by atoms with Gasteiger partial charge >= 0.3 is 0 Å². The number of hydrogen-bond donors (Lipinski definition) is 1. The van der Waals surface area contributed by atoms with Crippen LogP contribution in [0.5, 0.6) is 0 Å². The van der Waals surface area contributed by atoms with Gasteiger partial charge in [-0.2, -0.15) is 0 Å². The predicted octanol–water partition coefficient (Wildman–Crippen LogP) is 2.33. The van der Waals surface area contributed by atoms with E-state index in [-0.39, 0.29) is 0 Å². The van der Waals surface area contributed by atoms with Gasteiger partial charge in [0, 0.05) is 19.5 Å². The van der Waals surface area contributed by atoms with E-state index in [1.165, 1.54) is 42.8 Å². The lowest BCUT2D eigenvalue weighted by molar-refractivity contribution is 0.322. The molecule has 114 valence electrons. The summed E-state index contributed by atoms with van der Waals surface area (Å²) < 4.78 is 2.41. The maximum absolute atomic E-state index is 5.67. The molecule has 2 aromatic rings. The van der Waals surface area contributed by atoms with E-state index in [1.54, 1.807) is 0 Å². The van der Waals surface area contributed by atoms with Crippen LogP contribution in [-0.4, -0.2) is 40.6 Å². The van der Waals surface area contributed by atoms with E-state index in [9.17, 15) is 0 Å². The molecule has 4 heteroatoms. The second-order valence-electron chi connectivity index (χ2n) is 6.11. The van der Waals surface area contributed by atoms with Crippen LogP contribution in [0.15, 0.2) is 18.2 Å². The van der Waals surface area contributed by atoms with Gasteiger partial charge in [0.05, 0.1) is 11.0 Å². The molecule has 0 unspecified atom stereocenters. The van der Waals surface area contributed by atoms with Gasteiger partial charge in [-0.1, -0.05) is 6.07 Å². The van der Waals surface area contributed by atoms with E-state index >= 15 is 0 Å².